The van der Waals surface area contributed by atoms with Crippen molar-refractivity contribution in [3.05, 3.63) is 48.8 Å². The maximum absolute atomic E-state index is 11.5. The van der Waals surface area contributed by atoms with Gasteiger partial charge in [-0.05, 0) is 42.3 Å². The number of amides is 1. The Labute approximate surface area is 229 Å². The number of morpholine rings is 1. The number of nitrogens with one attached hydrogen (secondary N) is 1. The summed E-state index contributed by atoms with van der Waals surface area (Å²) >= 11 is 0. The van der Waals surface area contributed by atoms with Crippen molar-refractivity contribution in [2.75, 3.05) is 36.6 Å². The number of rotatable bonds is 9. The molecule has 0 saturated carbocycles. The summed E-state index contributed by atoms with van der Waals surface area (Å²) in [6, 6.07) is 13.2. The maximum Gasteiger partial charge on any atom is 0.221 e. The van der Waals surface area contributed by atoms with Crippen molar-refractivity contribution in [3.8, 4) is 16.9 Å². The lowest BCUT2D eigenvalue weighted by atomic mass is 10.0. The lowest BCUT2D eigenvalue weighted by molar-refractivity contribution is -0.114. The first-order valence-electron chi connectivity index (χ1n) is 13.4. The van der Waals surface area contributed by atoms with Crippen LogP contribution in [0.1, 0.15) is 13.8 Å². The molecule has 1 atom stereocenters. The maximum atomic E-state index is 11.5. The van der Waals surface area contributed by atoms with E-state index in [-0.39, 0.29) is 11.9 Å². The first-order chi connectivity index (χ1) is 18.7. The second-order valence-electron chi connectivity index (χ2n) is 11.3. The number of fused-ring (bicyclic) bond motifs is 1. The number of pyridine rings is 1. The molecule has 1 aliphatic heterocycles. The van der Waals surface area contributed by atoms with Crippen molar-refractivity contribution in [2.24, 2.45) is 0 Å². The van der Waals surface area contributed by atoms with Crippen LogP contribution in [0, 0.1) is 0 Å². The van der Waals surface area contributed by atoms with Crippen molar-refractivity contribution < 1.29 is 14.3 Å². The van der Waals surface area contributed by atoms with Gasteiger partial charge in [-0.25, -0.2) is 9.67 Å². The van der Waals surface area contributed by atoms with Crippen LogP contribution >= 0.6 is 0 Å². The number of carbonyl (C=O) groups excluding carboxylic acids is 1. The quantitative estimate of drug-likeness (QED) is 0.238. The Bertz CT molecular complexity index is 1440. The van der Waals surface area contributed by atoms with Gasteiger partial charge < -0.3 is 19.7 Å². The molecule has 11 heteroatoms. The van der Waals surface area contributed by atoms with Crippen molar-refractivity contribution >= 4 is 36.5 Å². The Balaban J connectivity index is 1.50. The summed E-state index contributed by atoms with van der Waals surface area (Å²) in [6.45, 7) is 13.9. The van der Waals surface area contributed by atoms with Gasteiger partial charge in [-0.3, -0.25) is 4.79 Å². The Kier molecular flexibility index (Phi) is 7.83. The Morgan fingerprint density at radius 2 is 1.97 bits per heavy atom. The fourth-order valence-electron chi connectivity index (χ4n) is 4.62. The normalized spacial score (nSPS) is 16.1. The molecule has 4 heterocycles. The Morgan fingerprint density at radius 3 is 2.69 bits per heavy atom. The summed E-state index contributed by atoms with van der Waals surface area (Å²) in [7, 11) is -1.14. The summed E-state index contributed by atoms with van der Waals surface area (Å²) in [6.07, 6.45) is 3.75. The predicted octanol–water partition coefficient (Wildman–Crippen LogP) is 4.78. The van der Waals surface area contributed by atoms with Gasteiger partial charge in [0, 0.05) is 51.5 Å². The van der Waals surface area contributed by atoms with Gasteiger partial charge in [0.15, 0.2) is 11.5 Å². The third kappa shape index (κ3) is 6.38. The van der Waals surface area contributed by atoms with Gasteiger partial charge in [0.25, 0.3) is 0 Å². The number of nitrogens with zero attached hydrogens (tertiary/aromatic N) is 6. The predicted molar refractivity (Wildman–Crippen MR) is 156 cm³/mol. The molecule has 206 valence electrons. The minimum Gasteiger partial charge on any atom is -0.377 e. The van der Waals surface area contributed by atoms with Gasteiger partial charge in [-0.1, -0.05) is 31.8 Å². The van der Waals surface area contributed by atoms with Crippen LogP contribution in [0.5, 0.6) is 0 Å². The SMILES string of the molecule is CC(=O)Nc1ccc(-c2cc(N3CCOC[C@H]3C)nc3c2cnn3-c2ccn(COCC[Si](C)(C)C)n2)cc1. The molecule has 10 nitrogen and oxygen atoms in total. The fraction of sp³-hybridized carbons (Fsp3) is 0.429. The van der Waals surface area contributed by atoms with Crippen LogP contribution in [0.25, 0.3) is 28.0 Å². The van der Waals surface area contributed by atoms with E-state index in [9.17, 15) is 4.79 Å². The number of hydrogen-bond donors (Lipinski definition) is 1. The van der Waals surface area contributed by atoms with Crippen LogP contribution in [0.2, 0.25) is 25.7 Å². The van der Waals surface area contributed by atoms with E-state index in [0.29, 0.717) is 25.8 Å². The summed E-state index contributed by atoms with van der Waals surface area (Å²) in [4.78, 5) is 18.8. The zero-order chi connectivity index (χ0) is 27.6. The molecule has 0 radical (unpaired) electrons. The monoisotopic (exact) mass is 547 g/mol. The molecule has 1 aliphatic rings. The number of ether oxygens (including phenoxy) is 2. The number of hydrogen-bond acceptors (Lipinski definition) is 7. The molecular formula is C28H37N7O3Si. The van der Waals surface area contributed by atoms with E-state index in [2.05, 4.69) is 42.8 Å². The van der Waals surface area contributed by atoms with Crippen LogP contribution in [0.4, 0.5) is 11.5 Å². The molecule has 1 saturated heterocycles. The van der Waals surface area contributed by atoms with E-state index in [1.807, 2.05) is 42.7 Å². The molecule has 3 aromatic heterocycles. The fourth-order valence-corrected chi connectivity index (χ4v) is 5.37. The van der Waals surface area contributed by atoms with Crippen LogP contribution < -0.4 is 10.2 Å². The zero-order valence-electron chi connectivity index (χ0n) is 23.3. The van der Waals surface area contributed by atoms with E-state index in [0.717, 1.165) is 52.9 Å². The molecule has 0 aliphatic carbocycles. The average molecular weight is 548 g/mol. The molecule has 1 fully saturated rings. The molecule has 1 amide bonds. The van der Waals surface area contributed by atoms with Gasteiger partial charge in [0.1, 0.15) is 12.5 Å². The highest BCUT2D eigenvalue weighted by molar-refractivity contribution is 6.76. The van der Waals surface area contributed by atoms with Crippen molar-refractivity contribution in [1.82, 2.24) is 24.5 Å². The van der Waals surface area contributed by atoms with Crippen LogP contribution in [-0.2, 0) is 21.0 Å². The molecule has 5 rings (SSSR count). The second-order valence-corrected chi connectivity index (χ2v) is 16.9. The highest BCUT2D eigenvalue weighted by atomic mass is 28.3. The largest absolute Gasteiger partial charge is 0.377 e. The highest BCUT2D eigenvalue weighted by Gasteiger charge is 2.23. The van der Waals surface area contributed by atoms with Crippen molar-refractivity contribution in [2.45, 2.75) is 52.3 Å². The summed E-state index contributed by atoms with van der Waals surface area (Å²) < 4.78 is 15.1. The van der Waals surface area contributed by atoms with Crippen LogP contribution in [-0.4, -0.2) is 70.9 Å². The molecule has 0 bridgehead atoms. The highest BCUT2D eigenvalue weighted by Crippen LogP contribution is 2.34. The lowest BCUT2D eigenvalue weighted by Gasteiger charge is -2.34. The number of benzene rings is 1. The molecule has 4 aromatic rings. The second kappa shape index (κ2) is 11.3. The Morgan fingerprint density at radius 1 is 1.18 bits per heavy atom. The van der Waals surface area contributed by atoms with Crippen molar-refractivity contribution in [3.63, 3.8) is 0 Å². The number of anilines is 2. The van der Waals surface area contributed by atoms with Gasteiger partial charge in [-0.15, -0.1) is 0 Å². The molecular weight excluding hydrogens is 510 g/mol. The van der Waals surface area contributed by atoms with Gasteiger partial charge >= 0.3 is 0 Å². The average Bonchev–Trinajstić information content (AvgIpc) is 3.53. The third-order valence-corrected chi connectivity index (χ3v) is 8.47. The van der Waals surface area contributed by atoms with Crippen LogP contribution in [0.3, 0.4) is 0 Å². The van der Waals surface area contributed by atoms with E-state index >= 15 is 0 Å². The van der Waals surface area contributed by atoms with E-state index in [1.165, 1.54) is 6.92 Å². The van der Waals surface area contributed by atoms with E-state index in [1.54, 1.807) is 9.36 Å². The standard InChI is InChI=1S/C28H37N7O3Si/c1-20-18-37-13-12-34(20)27-16-24(22-6-8-23(9-7-22)30-21(2)36)25-17-29-35(28(25)31-27)26-10-11-33(32-26)19-38-14-15-39(3,4)5/h6-11,16-17,20H,12-15,18-19H2,1-5H3,(H,30,36)/t20-/m1/s1. The molecule has 0 unspecified atom stereocenters. The first-order valence-corrected chi connectivity index (χ1v) is 17.1. The van der Waals surface area contributed by atoms with Gasteiger partial charge in [0.05, 0.1) is 25.5 Å². The van der Waals surface area contributed by atoms with Crippen molar-refractivity contribution in [1.29, 1.82) is 0 Å². The number of aromatic nitrogens is 5. The van der Waals surface area contributed by atoms with E-state index in [4.69, 9.17) is 24.7 Å². The molecule has 1 N–H and O–H groups in total. The van der Waals surface area contributed by atoms with Gasteiger partial charge in [0.2, 0.25) is 5.91 Å². The first kappa shape index (κ1) is 27.0. The molecule has 1 aromatic carbocycles. The zero-order valence-corrected chi connectivity index (χ0v) is 24.3. The minimum atomic E-state index is -1.14. The van der Waals surface area contributed by atoms with E-state index < -0.39 is 8.07 Å². The van der Waals surface area contributed by atoms with Crippen LogP contribution in [0.15, 0.2) is 48.8 Å². The Hall–Kier alpha value is -3.54. The summed E-state index contributed by atoms with van der Waals surface area (Å²) in [5, 5.41) is 13.2. The topological polar surface area (TPSA) is 99.3 Å². The number of carbonyl (C=O) groups is 1. The lowest BCUT2D eigenvalue weighted by Crippen LogP contribution is -2.44. The molecule has 39 heavy (non-hydrogen) atoms. The van der Waals surface area contributed by atoms with Gasteiger partial charge in [-0.2, -0.15) is 14.9 Å². The summed E-state index contributed by atoms with van der Waals surface area (Å²) in [5.41, 5.74) is 3.52. The summed E-state index contributed by atoms with van der Waals surface area (Å²) in [5.74, 6) is 1.46. The minimum absolute atomic E-state index is 0.0974. The molecule has 0 spiro atoms. The smallest absolute Gasteiger partial charge is 0.221 e. The third-order valence-electron chi connectivity index (χ3n) is 6.77.